The zero-order chi connectivity index (χ0) is 45.6. The molecule has 346 valence electrons. The fourth-order valence-corrected chi connectivity index (χ4v) is 7.84. The molecule has 3 aromatic rings. The number of halogens is 3. The topological polar surface area (TPSA) is 287 Å². The van der Waals surface area contributed by atoms with Gasteiger partial charge in [0.1, 0.15) is 66.4 Å². The Balaban J connectivity index is 1.00. The molecular formula is C40H52F3N7O13. The molecule has 63 heavy (non-hydrogen) atoms. The predicted octanol–water partition coefficient (Wildman–Crippen LogP) is -1.22. The standard InChI is InChI=1S/C40H52F3N7O13/c1-48(29(36(45)57)34(62-38-33(56)30(53)26(19-44)60-38)35-31(54)32(55)37(61-35)50-18-14-28(52)47-39(50)58)15-2-3-27(51)46-20-21-4-6-22(7-5-21)49-16-12-24(13-17-49)59-23-8-10-25(11-9-23)63-40(41,42)43/h4-11,14,18,24,26,29-35,37-38,53-56H,2-3,12-13,15-17,19-20,44H2,1H3,(H2,45,57)(H,46,51)(H,47,52,58)/t26-,29+,30-,31?,32?,33-,34+,35+,37-,38+/m1/s1. The van der Waals surface area contributed by atoms with Gasteiger partial charge < -0.3 is 65.8 Å². The van der Waals surface area contributed by atoms with E-state index in [9.17, 15) is 52.8 Å². The van der Waals surface area contributed by atoms with Crippen molar-refractivity contribution in [1.82, 2.24) is 19.8 Å². The second kappa shape index (κ2) is 20.6. The second-order valence-electron chi connectivity index (χ2n) is 15.5. The number of benzene rings is 2. The number of aliphatic hydroxyl groups excluding tert-OH is 4. The molecule has 1 aromatic heterocycles. The molecule has 20 nitrogen and oxygen atoms in total. The monoisotopic (exact) mass is 895 g/mol. The largest absolute Gasteiger partial charge is 0.573 e. The molecule has 10 atom stereocenters. The number of amides is 2. The molecule has 0 bridgehead atoms. The van der Waals surface area contributed by atoms with Gasteiger partial charge in [0.25, 0.3) is 5.56 Å². The molecule has 23 heteroatoms. The van der Waals surface area contributed by atoms with Crippen LogP contribution in [0.15, 0.2) is 70.4 Å². The summed E-state index contributed by atoms with van der Waals surface area (Å²) in [5.41, 5.74) is 11.7. The Morgan fingerprint density at radius 1 is 0.952 bits per heavy atom. The van der Waals surface area contributed by atoms with Crippen molar-refractivity contribution < 1.29 is 66.9 Å². The van der Waals surface area contributed by atoms with Crippen molar-refractivity contribution in [3.8, 4) is 11.5 Å². The molecule has 2 amide bonds. The number of anilines is 1. The normalized spacial score (nSPS) is 26.4. The number of aromatic amines is 1. The fraction of sp³-hybridized carbons (Fsp3) is 0.550. The molecule has 0 saturated carbocycles. The minimum Gasteiger partial charge on any atom is -0.490 e. The van der Waals surface area contributed by atoms with Crippen LogP contribution in [0.4, 0.5) is 18.9 Å². The van der Waals surface area contributed by atoms with Crippen LogP contribution < -0.4 is 42.4 Å². The minimum atomic E-state index is -4.77. The summed E-state index contributed by atoms with van der Waals surface area (Å²) in [6.07, 6.45) is -16.4. The number of carbonyl (C=O) groups is 2. The summed E-state index contributed by atoms with van der Waals surface area (Å²) in [6, 6.07) is 12.5. The number of primary amides is 1. The maximum Gasteiger partial charge on any atom is 0.573 e. The lowest BCUT2D eigenvalue weighted by molar-refractivity contribution is -0.274. The number of alkyl halides is 3. The van der Waals surface area contributed by atoms with E-state index in [1.54, 1.807) is 0 Å². The highest BCUT2D eigenvalue weighted by atomic mass is 19.4. The SMILES string of the molecule is CN(CCCC(=O)NCc1ccc(N2CCC(Oc3ccc(OC(F)(F)F)cc3)CC2)cc1)[C@H](C(N)=O)[C@H](O[C@@H]1O[C@H](CN)[C@@H](O)[C@H]1O)[C@H]1O[C@@H](n2ccc(=O)[nH]c2=O)C(O)C1O. The third-order valence-corrected chi connectivity index (χ3v) is 11.2. The molecule has 3 aliphatic rings. The number of aliphatic hydroxyl groups is 4. The van der Waals surface area contributed by atoms with E-state index in [4.69, 9.17) is 30.4 Å². The van der Waals surface area contributed by atoms with E-state index < -0.39 is 84.8 Å². The van der Waals surface area contributed by atoms with Crippen LogP contribution in [0.3, 0.4) is 0 Å². The Hall–Kier alpha value is -5.11. The Morgan fingerprint density at radius 3 is 2.22 bits per heavy atom. The summed E-state index contributed by atoms with van der Waals surface area (Å²) in [5, 5.41) is 46.2. The Morgan fingerprint density at radius 2 is 1.62 bits per heavy atom. The number of ether oxygens (including phenoxy) is 5. The number of hydrogen-bond donors (Lipinski definition) is 8. The minimum absolute atomic E-state index is 0.0230. The lowest BCUT2D eigenvalue weighted by Crippen LogP contribution is -2.59. The van der Waals surface area contributed by atoms with Crippen molar-refractivity contribution in [2.75, 3.05) is 38.1 Å². The summed E-state index contributed by atoms with van der Waals surface area (Å²) in [5.74, 6) is -1.15. The van der Waals surface area contributed by atoms with Gasteiger partial charge in [0.05, 0.1) is 0 Å². The number of carbonyl (C=O) groups excluding carboxylic acids is 2. The van der Waals surface area contributed by atoms with Crippen molar-refractivity contribution in [2.24, 2.45) is 11.5 Å². The summed E-state index contributed by atoms with van der Waals surface area (Å²) in [6.45, 7) is 1.48. The van der Waals surface area contributed by atoms with Crippen LogP contribution in [0.2, 0.25) is 0 Å². The third-order valence-electron chi connectivity index (χ3n) is 11.2. The lowest BCUT2D eigenvalue weighted by atomic mass is 9.97. The first-order chi connectivity index (χ1) is 29.9. The molecular weight excluding hydrogens is 843 g/mol. The summed E-state index contributed by atoms with van der Waals surface area (Å²) < 4.78 is 65.6. The number of nitrogens with zero attached hydrogens (tertiary/aromatic N) is 3. The average Bonchev–Trinajstić information content (AvgIpc) is 3.68. The molecule has 6 rings (SSSR count). The van der Waals surface area contributed by atoms with E-state index in [1.807, 2.05) is 29.2 Å². The first-order valence-electron chi connectivity index (χ1n) is 20.2. The van der Waals surface area contributed by atoms with E-state index in [0.717, 1.165) is 28.1 Å². The van der Waals surface area contributed by atoms with Gasteiger partial charge in [-0.15, -0.1) is 13.2 Å². The van der Waals surface area contributed by atoms with E-state index in [-0.39, 0.29) is 50.2 Å². The zero-order valence-electron chi connectivity index (χ0n) is 34.1. The number of nitrogens with one attached hydrogen (secondary N) is 2. The zero-order valence-corrected chi connectivity index (χ0v) is 34.1. The van der Waals surface area contributed by atoms with Gasteiger partial charge in [-0.2, -0.15) is 0 Å². The Labute approximate surface area is 358 Å². The molecule has 4 heterocycles. The highest BCUT2D eigenvalue weighted by molar-refractivity contribution is 5.80. The van der Waals surface area contributed by atoms with Crippen molar-refractivity contribution in [3.63, 3.8) is 0 Å². The molecule has 0 spiro atoms. The van der Waals surface area contributed by atoms with Crippen LogP contribution in [0, 0.1) is 0 Å². The van der Waals surface area contributed by atoms with Crippen LogP contribution in [-0.2, 0) is 30.3 Å². The smallest absolute Gasteiger partial charge is 0.490 e. The quantitative estimate of drug-likeness (QED) is 0.0743. The van der Waals surface area contributed by atoms with Gasteiger partial charge in [0.15, 0.2) is 12.5 Å². The van der Waals surface area contributed by atoms with Crippen LogP contribution in [0.5, 0.6) is 11.5 Å². The van der Waals surface area contributed by atoms with Gasteiger partial charge in [-0.1, -0.05) is 12.1 Å². The van der Waals surface area contributed by atoms with Gasteiger partial charge in [0.2, 0.25) is 11.8 Å². The van der Waals surface area contributed by atoms with Crippen LogP contribution in [0.25, 0.3) is 0 Å². The van der Waals surface area contributed by atoms with E-state index in [0.29, 0.717) is 31.7 Å². The number of aromatic nitrogens is 2. The maximum absolute atomic E-state index is 13.1. The molecule has 2 aromatic carbocycles. The number of rotatable bonds is 18. The van der Waals surface area contributed by atoms with Crippen molar-refractivity contribution in [3.05, 3.63) is 87.2 Å². The molecule has 0 aliphatic carbocycles. The van der Waals surface area contributed by atoms with Gasteiger partial charge in [-0.25, -0.2) is 4.79 Å². The van der Waals surface area contributed by atoms with E-state index in [2.05, 4.69) is 15.0 Å². The number of H-pyrrole nitrogens is 1. The van der Waals surface area contributed by atoms with Crippen LogP contribution in [0.1, 0.15) is 37.5 Å². The van der Waals surface area contributed by atoms with Gasteiger partial charge in [-0.3, -0.25) is 28.8 Å². The molecule has 0 radical (unpaired) electrons. The van der Waals surface area contributed by atoms with Gasteiger partial charge in [-0.05, 0) is 62.0 Å². The second-order valence-corrected chi connectivity index (χ2v) is 15.5. The van der Waals surface area contributed by atoms with E-state index in [1.165, 1.54) is 36.2 Å². The van der Waals surface area contributed by atoms with Gasteiger partial charge >= 0.3 is 12.1 Å². The predicted molar refractivity (Wildman–Crippen MR) is 214 cm³/mol. The van der Waals surface area contributed by atoms with E-state index >= 15 is 0 Å². The number of piperidine rings is 1. The Bertz CT molecular complexity index is 2100. The molecule has 3 aliphatic heterocycles. The van der Waals surface area contributed by atoms with Crippen molar-refractivity contribution >= 4 is 17.5 Å². The molecule has 3 fully saturated rings. The average molecular weight is 896 g/mol. The number of hydrogen-bond acceptors (Lipinski definition) is 16. The van der Waals surface area contributed by atoms with Crippen LogP contribution in [-0.4, -0.2) is 147 Å². The van der Waals surface area contributed by atoms with Crippen molar-refractivity contribution in [1.29, 1.82) is 0 Å². The summed E-state index contributed by atoms with van der Waals surface area (Å²) in [4.78, 5) is 55.9. The highest BCUT2D eigenvalue weighted by Gasteiger charge is 2.54. The Kier molecular flexibility index (Phi) is 15.5. The first kappa shape index (κ1) is 47.4. The maximum atomic E-state index is 13.1. The fourth-order valence-electron chi connectivity index (χ4n) is 7.84. The highest BCUT2D eigenvalue weighted by Crippen LogP contribution is 2.35. The first-order valence-corrected chi connectivity index (χ1v) is 20.2. The lowest BCUT2D eigenvalue weighted by Gasteiger charge is -2.37. The van der Waals surface area contributed by atoms with Crippen molar-refractivity contribution in [2.45, 2.75) is 106 Å². The molecule has 2 unspecified atom stereocenters. The third kappa shape index (κ3) is 11.9. The molecule has 10 N–H and O–H groups in total. The summed E-state index contributed by atoms with van der Waals surface area (Å²) in [7, 11) is 1.49. The number of nitrogens with two attached hydrogens (primary N) is 2. The van der Waals surface area contributed by atoms with Crippen LogP contribution >= 0.6 is 0 Å². The summed E-state index contributed by atoms with van der Waals surface area (Å²) >= 11 is 0. The van der Waals surface area contributed by atoms with Gasteiger partial charge in [0, 0.05) is 63.4 Å². The number of likely N-dealkylation sites (N-methyl/N-ethyl adjacent to an activating group) is 1. The molecule has 3 saturated heterocycles.